The average Bonchev–Trinajstić information content (AvgIpc) is 3.00. The van der Waals surface area contributed by atoms with Crippen molar-refractivity contribution in [1.82, 2.24) is 4.90 Å². The van der Waals surface area contributed by atoms with E-state index >= 15 is 0 Å². The monoisotopic (exact) mass is 305 g/mol. The molecule has 1 aliphatic heterocycles. The molecule has 4 heteroatoms. The van der Waals surface area contributed by atoms with Gasteiger partial charge in [-0.3, -0.25) is 4.79 Å². The molecular formula is C18H27NO3. The molecule has 22 heavy (non-hydrogen) atoms. The lowest BCUT2D eigenvalue weighted by atomic mass is 10.1. The molecule has 0 radical (unpaired) electrons. The molecule has 0 saturated carbocycles. The SMILES string of the molecule is CCCCCN(CCCCC)C(=O)c1ccc2c(c1)OCO2. The van der Waals surface area contributed by atoms with Crippen molar-refractivity contribution in [3.63, 3.8) is 0 Å². The van der Waals surface area contributed by atoms with Crippen molar-refractivity contribution in [3.05, 3.63) is 23.8 Å². The van der Waals surface area contributed by atoms with Gasteiger partial charge in [-0.25, -0.2) is 0 Å². The summed E-state index contributed by atoms with van der Waals surface area (Å²) in [4.78, 5) is 14.8. The fraction of sp³-hybridized carbons (Fsp3) is 0.611. The zero-order valence-electron chi connectivity index (χ0n) is 13.8. The van der Waals surface area contributed by atoms with Gasteiger partial charge in [-0.05, 0) is 31.0 Å². The van der Waals surface area contributed by atoms with Gasteiger partial charge in [0, 0.05) is 18.7 Å². The van der Waals surface area contributed by atoms with Gasteiger partial charge in [0.1, 0.15) is 0 Å². The molecule has 0 N–H and O–H groups in total. The molecule has 0 aromatic heterocycles. The highest BCUT2D eigenvalue weighted by Crippen LogP contribution is 2.32. The van der Waals surface area contributed by atoms with E-state index in [1.807, 2.05) is 17.0 Å². The summed E-state index contributed by atoms with van der Waals surface area (Å²) in [6.07, 6.45) is 6.80. The minimum absolute atomic E-state index is 0.102. The molecule has 1 heterocycles. The average molecular weight is 305 g/mol. The van der Waals surface area contributed by atoms with Crippen molar-refractivity contribution in [2.45, 2.75) is 52.4 Å². The zero-order valence-corrected chi connectivity index (χ0v) is 13.8. The molecule has 2 rings (SSSR count). The summed E-state index contributed by atoms with van der Waals surface area (Å²) < 4.78 is 10.7. The predicted molar refractivity (Wildman–Crippen MR) is 87.5 cm³/mol. The van der Waals surface area contributed by atoms with E-state index in [1.54, 1.807) is 6.07 Å². The van der Waals surface area contributed by atoms with E-state index in [2.05, 4.69) is 13.8 Å². The normalized spacial score (nSPS) is 12.5. The summed E-state index contributed by atoms with van der Waals surface area (Å²) in [6.45, 7) is 6.28. The Morgan fingerprint density at radius 3 is 2.27 bits per heavy atom. The molecule has 0 saturated heterocycles. The molecule has 0 bridgehead atoms. The topological polar surface area (TPSA) is 38.8 Å². The van der Waals surface area contributed by atoms with Gasteiger partial charge in [-0.1, -0.05) is 39.5 Å². The molecule has 0 aliphatic carbocycles. The van der Waals surface area contributed by atoms with Crippen molar-refractivity contribution in [2.24, 2.45) is 0 Å². The van der Waals surface area contributed by atoms with Crippen LogP contribution in [0.4, 0.5) is 0 Å². The van der Waals surface area contributed by atoms with Crippen LogP contribution in [-0.4, -0.2) is 30.7 Å². The minimum Gasteiger partial charge on any atom is -0.454 e. The number of unbranched alkanes of at least 4 members (excludes halogenated alkanes) is 4. The van der Waals surface area contributed by atoms with Crippen molar-refractivity contribution < 1.29 is 14.3 Å². The maximum atomic E-state index is 12.8. The molecule has 1 amide bonds. The summed E-state index contributed by atoms with van der Waals surface area (Å²) in [5, 5.41) is 0. The third-order valence-electron chi connectivity index (χ3n) is 3.97. The lowest BCUT2D eigenvalue weighted by Gasteiger charge is -2.23. The van der Waals surface area contributed by atoms with Gasteiger partial charge in [0.25, 0.3) is 5.91 Å². The van der Waals surface area contributed by atoms with Gasteiger partial charge >= 0.3 is 0 Å². The van der Waals surface area contributed by atoms with E-state index in [9.17, 15) is 4.79 Å². The summed E-state index contributed by atoms with van der Waals surface area (Å²) in [7, 11) is 0. The molecular weight excluding hydrogens is 278 g/mol. The Kier molecular flexibility index (Phi) is 6.56. The summed E-state index contributed by atoms with van der Waals surface area (Å²) >= 11 is 0. The smallest absolute Gasteiger partial charge is 0.253 e. The Labute approximate surface area is 133 Å². The van der Waals surface area contributed by atoms with Crippen molar-refractivity contribution in [2.75, 3.05) is 19.9 Å². The maximum absolute atomic E-state index is 12.8. The zero-order chi connectivity index (χ0) is 15.8. The number of hydrogen-bond acceptors (Lipinski definition) is 3. The first-order valence-corrected chi connectivity index (χ1v) is 8.45. The number of carbonyl (C=O) groups is 1. The van der Waals surface area contributed by atoms with Crippen LogP contribution < -0.4 is 9.47 Å². The third kappa shape index (κ3) is 4.39. The summed E-state index contributed by atoms with van der Waals surface area (Å²) in [5.41, 5.74) is 0.692. The van der Waals surface area contributed by atoms with Crippen molar-refractivity contribution in [3.8, 4) is 11.5 Å². The number of nitrogens with zero attached hydrogens (tertiary/aromatic N) is 1. The van der Waals surface area contributed by atoms with E-state index in [0.717, 1.165) is 31.7 Å². The lowest BCUT2D eigenvalue weighted by molar-refractivity contribution is 0.0749. The molecule has 1 aliphatic rings. The van der Waals surface area contributed by atoms with Gasteiger partial charge < -0.3 is 14.4 Å². The quantitative estimate of drug-likeness (QED) is 0.641. The number of hydrogen-bond donors (Lipinski definition) is 0. The fourth-order valence-corrected chi connectivity index (χ4v) is 2.63. The number of fused-ring (bicyclic) bond motifs is 1. The fourth-order valence-electron chi connectivity index (χ4n) is 2.63. The van der Waals surface area contributed by atoms with Crippen LogP contribution in [0.15, 0.2) is 18.2 Å². The first-order valence-electron chi connectivity index (χ1n) is 8.45. The Hall–Kier alpha value is -1.71. The van der Waals surface area contributed by atoms with E-state index in [0.29, 0.717) is 11.3 Å². The number of amides is 1. The second-order valence-corrected chi connectivity index (χ2v) is 5.77. The molecule has 1 aromatic rings. The number of benzene rings is 1. The Bertz CT molecular complexity index is 477. The van der Waals surface area contributed by atoms with Gasteiger partial charge in [-0.2, -0.15) is 0 Å². The first kappa shape index (κ1) is 16.7. The van der Waals surface area contributed by atoms with Gasteiger partial charge in [0.2, 0.25) is 6.79 Å². The Morgan fingerprint density at radius 2 is 1.64 bits per heavy atom. The summed E-state index contributed by atoms with van der Waals surface area (Å²) in [5.74, 6) is 1.50. The minimum atomic E-state index is 0.102. The van der Waals surface area contributed by atoms with Crippen LogP contribution in [0.2, 0.25) is 0 Å². The van der Waals surface area contributed by atoms with Crippen LogP contribution in [0.25, 0.3) is 0 Å². The van der Waals surface area contributed by atoms with Crippen LogP contribution in [0, 0.1) is 0 Å². The van der Waals surface area contributed by atoms with Crippen LogP contribution in [-0.2, 0) is 0 Å². The molecule has 0 spiro atoms. The van der Waals surface area contributed by atoms with E-state index in [1.165, 1.54) is 25.7 Å². The van der Waals surface area contributed by atoms with E-state index in [4.69, 9.17) is 9.47 Å². The predicted octanol–water partition coefficient (Wildman–Crippen LogP) is 4.24. The van der Waals surface area contributed by atoms with E-state index in [-0.39, 0.29) is 12.7 Å². The largest absolute Gasteiger partial charge is 0.454 e. The molecule has 122 valence electrons. The van der Waals surface area contributed by atoms with Gasteiger partial charge in [0.15, 0.2) is 11.5 Å². The van der Waals surface area contributed by atoms with Crippen molar-refractivity contribution >= 4 is 5.91 Å². The number of rotatable bonds is 9. The standard InChI is InChI=1S/C18H27NO3/c1-3-5-7-11-19(12-8-6-4-2)18(20)15-9-10-16-17(13-15)22-14-21-16/h9-10,13H,3-8,11-12,14H2,1-2H3. The molecule has 0 unspecified atom stereocenters. The van der Waals surface area contributed by atoms with Crippen LogP contribution >= 0.6 is 0 Å². The molecule has 0 fully saturated rings. The highest BCUT2D eigenvalue weighted by atomic mass is 16.7. The van der Waals surface area contributed by atoms with Crippen LogP contribution in [0.3, 0.4) is 0 Å². The van der Waals surface area contributed by atoms with Gasteiger partial charge in [0.05, 0.1) is 0 Å². The Balaban J connectivity index is 2.02. The first-order chi connectivity index (χ1) is 10.8. The van der Waals surface area contributed by atoms with Crippen molar-refractivity contribution in [1.29, 1.82) is 0 Å². The Morgan fingerprint density at radius 1 is 1.00 bits per heavy atom. The number of carbonyl (C=O) groups excluding carboxylic acids is 1. The van der Waals surface area contributed by atoms with Gasteiger partial charge in [-0.15, -0.1) is 0 Å². The molecule has 0 atom stereocenters. The second-order valence-electron chi connectivity index (χ2n) is 5.77. The van der Waals surface area contributed by atoms with E-state index < -0.39 is 0 Å². The molecule has 4 nitrogen and oxygen atoms in total. The third-order valence-corrected chi connectivity index (χ3v) is 3.97. The molecule has 1 aromatic carbocycles. The van der Waals surface area contributed by atoms with Crippen LogP contribution in [0.1, 0.15) is 62.7 Å². The summed E-state index contributed by atoms with van der Waals surface area (Å²) in [6, 6.07) is 5.46. The maximum Gasteiger partial charge on any atom is 0.253 e. The van der Waals surface area contributed by atoms with Crippen LogP contribution in [0.5, 0.6) is 11.5 Å². The number of ether oxygens (including phenoxy) is 2. The second kappa shape index (κ2) is 8.66. The highest BCUT2D eigenvalue weighted by Gasteiger charge is 2.19. The lowest BCUT2D eigenvalue weighted by Crippen LogP contribution is -2.33. The highest BCUT2D eigenvalue weighted by molar-refractivity contribution is 5.95.